The average Bonchev–Trinajstić information content (AvgIpc) is 2.86. The van der Waals surface area contributed by atoms with Crippen molar-refractivity contribution in [3.8, 4) is 0 Å². The number of nitrogens with one attached hydrogen (secondary N) is 1. The molecular formula is C20H37NO6SSi. The third-order valence-electron chi connectivity index (χ3n) is 5.18. The van der Waals surface area contributed by atoms with Gasteiger partial charge in [-0.15, -0.1) is 0 Å². The van der Waals surface area contributed by atoms with Gasteiger partial charge in [-0.1, -0.05) is 20.8 Å². The van der Waals surface area contributed by atoms with Gasteiger partial charge in [-0.05, 0) is 38.9 Å². The molecule has 168 valence electrons. The van der Waals surface area contributed by atoms with Crippen LogP contribution >= 0.6 is 11.8 Å². The van der Waals surface area contributed by atoms with Crippen molar-refractivity contribution in [3.05, 3.63) is 0 Å². The number of hydrogen-bond donors (Lipinski definition) is 1. The van der Waals surface area contributed by atoms with E-state index in [2.05, 4.69) is 39.2 Å². The van der Waals surface area contributed by atoms with Gasteiger partial charge in [0.1, 0.15) is 17.4 Å². The van der Waals surface area contributed by atoms with E-state index in [9.17, 15) is 14.4 Å². The summed E-state index contributed by atoms with van der Waals surface area (Å²) in [5.74, 6) is -0.100. The van der Waals surface area contributed by atoms with Crippen LogP contribution in [0.2, 0.25) is 18.1 Å². The molecule has 0 spiro atoms. The molecule has 9 heteroatoms. The second-order valence-corrected chi connectivity index (χ2v) is 16.0. The summed E-state index contributed by atoms with van der Waals surface area (Å²) in [6.07, 6.45) is -0.0464. The lowest BCUT2D eigenvalue weighted by atomic mass is 10.2. The predicted molar refractivity (Wildman–Crippen MR) is 118 cm³/mol. The first-order valence-corrected chi connectivity index (χ1v) is 13.9. The van der Waals surface area contributed by atoms with Gasteiger partial charge in [0.2, 0.25) is 0 Å². The highest BCUT2D eigenvalue weighted by atomic mass is 32.2. The number of carbonyl (C=O) groups is 3. The Bertz CT molecular complexity index is 611. The molecule has 29 heavy (non-hydrogen) atoms. The second kappa shape index (κ2) is 9.83. The molecule has 0 aromatic heterocycles. The maximum absolute atomic E-state index is 12.1. The standard InChI is InChI=1S/C20H37NO6SSi/c1-19(2,3)26-18(24)21-14(17(23)25-7)12-28-16-11-13(22)10-15(16)27-29(8,9)20(4,5)6/h14-16H,10-12H2,1-9H3,(H,21,24)/t14-,15+,16-/m0/s1. The number of hydrogen-bond acceptors (Lipinski definition) is 7. The van der Waals surface area contributed by atoms with Crippen LogP contribution in [0.5, 0.6) is 0 Å². The Balaban J connectivity index is 2.79. The van der Waals surface area contributed by atoms with Crippen LogP contribution in [0, 0.1) is 0 Å². The van der Waals surface area contributed by atoms with Crippen LogP contribution in [0.3, 0.4) is 0 Å². The van der Waals surface area contributed by atoms with Gasteiger partial charge in [0.15, 0.2) is 8.32 Å². The first-order chi connectivity index (χ1) is 13.1. The normalized spacial score (nSPS) is 21.6. The number of Topliss-reactive ketones (excluding diaryl/α,β-unsaturated/α-hetero) is 1. The highest BCUT2D eigenvalue weighted by Crippen LogP contribution is 2.41. The highest BCUT2D eigenvalue weighted by Gasteiger charge is 2.44. The minimum atomic E-state index is -2.03. The van der Waals surface area contributed by atoms with E-state index in [1.165, 1.54) is 18.9 Å². The quantitative estimate of drug-likeness (QED) is 0.467. The third-order valence-corrected chi connectivity index (χ3v) is 11.1. The molecule has 0 saturated heterocycles. The van der Waals surface area contributed by atoms with Gasteiger partial charge >= 0.3 is 12.1 Å². The number of methoxy groups -OCH3 is 1. The number of rotatable bonds is 7. The second-order valence-electron chi connectivity index (χ2n) is 9.96. The average molecular weight is 448 g/mol. The zero-order valence-electron chi connectivity index (χ0n) is 19.2. The van der Waals surface area contributed by atoms with Crippen LogP contribution < -0.4 is 5.32 Å². The van der Waals surface area contributed by atoms with Crippen molar-refractivity contribution in [2.45, 2.75) is 95.5 Å². The van der Waals surface area contributed by atoms with Crippen molar-refractivity contribution in [3.63, 3.8) is 0 Å². The topological polar surface area (TPSA) is 90.9 Å². The highest BCUT2D eigenvalue weighted by molar-refractivity contribution is 8.00. The molecule has 7 nitrogen and oxygen atoms in total. The van der Waals surface area contributed by atoms with E-state index < -0.39 is 32.0 Å². The van der Waals surface area contributed by atoms with Crippen molar-refractivity contribution in [2.24, 2.45) is 0 Å². The maximum Gasteiger partial charge on any atom is 0.408 e. The van der Waals surface area contributed by atoms with Crippen LogP contribution in [0.25, 0.3) is 0 Å². The first-order valence-electron chi connectivity index (χ1n) is 9.94. The Labute approximate surface area is 180 Å². The van der Waals surface area contributed by atoms with E-state index in [0.717, 1.165) is 0 Å². The molecule has 0 aliphatic heterocycles. The summed E-state index contributed by atoms with van der Waals surface area (Å²) in [7, 11) is -0.749. The van der Waals surface area contributed by atoms with Gasteiger partial charge in [0.25, 0.3) is 0 Å². The molecule has 1 rings (SSSR count). The van der Waals surface area contributed by atoms with Crippen LogP contribution in [0.15, 0.2) is 0 Å². The summed E-state index contributed by atoms with van der Waals surface area (Å²) in [5, 5.41) is 2.56. The van der Waals surface area contributed by atoms with Crippen LogP contribution in [0.4, 0.5) is 4.79 Å². The molecule has 0 bridgehead atoms. The first kappa shape index (κ1) is 26.0. The lowest BCUT2D eigenvalue weighted by Gasteiger charge is -2.39. The fourth-order valence-corrected chi connectivity index (χ4v) is 5.40. The van der Waals surface area contributed by atoms with E-state index in [4.69, 9.17) is 13.9 Å². The monoisotopic (exact) mass is 447 g/mol. The lowest BCUT2D eigenvalue weighted by Crippen LogP contribution is -2.47. The molecule has 0 radical (unpaired) electrons. The Morgan fingerprint density at radius 2 is 1.76 bits per heavy atom. The van der Waals surface area contributed by atoms with Crippen LogP contribution in [0.1, 0.15) is 54.4 Å². The number of amides is 1. The van der Waals surface area contributed by atoms with Gasteiger partial charge in [-0.25, -0.2) is 9.59 Å². The molecule has 0 unspecified atom stereocenters. The fraction of sp³-hybridized carbons (Fsp3) is 0.850. The molecule has 1 N–H and O–H groups in total. The molecule has 1 amide bonds. The minimum absolute atomic E-state index is 0.0423. The van der Waals surface area contributed by atoms with E-state index >= 15 is 0 Å². The summed E-state index contributed by atoms with van der Waals surface area (Å²) in [5.41, 5.74) is -0.669. The van der Waals surface area contributed by atoms with Crippen LogP contribution in [-0.4, -0.2) is 62.0 Å². The molecular weight excluding hydrogens is 410 g/mol. The molecule has 0 heterocycles. The van der Waals surface area contributed by atoms with Crippen molar-refractivity contribution in [1.82, 2.24) is 5.32 Å². The summed E-state index contributed by atoms with van der Waals surface area (Å²) in [6, 6.07) is -0.857. The summed E-state index contributed by atoms with van der Waals surface area (Å²) in [6.45, 7) is 16.1. The molecule has 1 aliphatic rings. The van der Waals surface area contributed by atoms with Crippen molar-refractivity contribution in [2.75, 3.05) is 12.9 Å². The third kappa shape index (κ3) is 8.30. The fourth-order valence-electron chi connectivity index (χ4n) is 2.61. The number of alkyl carbamates (subject to hydrolysis) is 1. The number of carbonyl (C=O) groups excluding carboxylic acids is 3. The Morgan fingerprint density at radius 3 is 2.24 bits per heavy atom. The molecule has 0 aromatic carbocycles. The van der Waals surface area contributed by atoms with Crippen molar-refractivity contribution >= 4 is 37.9 Å². The van der Waals surface area contributed by atoms with Gasteiger partial charge in [-0.3, -0.25) is 4.79 Å². The van der Waals surface area contributed by atoms with Gasteiger partial charge in [-0.2, -0.15) is 11.8 Å². The van der Waals surface area contributed by atoms with Gasteiger partial charge in [0.05, 0.1) is 13.2 Å². The Kier molecular flexibility index (Phi) is 8.80. The zero-order chi connectivity index (χ0) is 22.6. The SMILES string of the molecule is COC(=O)[C@H](CS[C@H]1CC(=O)C[C@H]1O[Si](C)(C)C(C)(C)C)NC(=O)OC(C)(C)C. The predicted octanol–water partition coefficient (Wildman–Crippen LogP) is 3.91. The van der Waals surface area contributed by atoms with Gasteiger partial charge in [0, 0.05) is 23.8 Å². The summed E-state index contributed by atoms with van der Waals surface area (Å²) >= 11 is 1.46. The molecule has 1 fully saturated rings. The van der Waals surface area contributed by atoms with E-state index in [-0.39, 0.29) is 27.9 Å². The number of ketones is 1. The number of ether oxygens (including phenoxy) is 2. The van der Waals surface area contributed by atoms with Crippen molar-refractivity contribution in [1.29, 1.82) is 0 Å². The van der Waals surface area contributed by atoms with Crippen LogP contribution in [-0.2, 0) is 23.5 Å². The van der Waals surface area contributed by atoms with E-state index in [1.807, 2.05) is 0 Å². The molecule has 0 aromatic rings. The molecule has 3 atom stereocenters. The van der Waals surface area contributed by atoms with E-state index in [1.54, 1.807) is 20.8 Å². The molecule has 1 aliphatic carbocycles. The lowest BCUT2D eigenvalue weighted by molar-refractivity contribution is -0.142. The zero-order valence-corrected chi connectivity index (χ0v) is 21.0. The van der Waals surface area contributed by atoms with Gasteiger partial charge < -0.3 is 19.2 Å². The van der Waals surface area contributed by atoms with Crippen molar-refractivity contribution < 1.29 is 28.3 Å². The summed E-state index contributed by atoms with van der Waals surface area (Å²) in [4.78, 5) is 36.3. The number of esters is 1. The number of thioether (sulfide) groups is 1. The maximum atomic E-state index is 12.1. The Morgan fingerprint density at radius 1 is 1.17 bits per heavy atom. The Hall–Kier alpha value is -1.06. The summed E-state index contributed by atoms with van der Waals surface area (Å²) < 4.78 is 16.5. The smallest absolute Gasteiger partial charge is 0.408 e. The largest absolute Gasteiger partial charge is 0.467 e. The van der Waals surface area contributed by atoms with E-state index in [0.29, 0.717) is 12.8 Å². The molecule has 1 saturated carbocycles. The minimum Gasteiger partial charge on any atom is -0.467 e.